The molecule has 2 aliphatic heterocycles. The minimum atomic E-state index is -1.20. The van der Waals surface area contributed by atoms with Crippen molar-refractivity contribution in [2.45, 2.75) is 120 Å². The number of imide groups is 1. The van der Waals surface area contributed by atoms with Gasteiger partial charge in [-0.25, -0.2) is 19.3 Å². The van der Waals surface area contributed by atoms with Crippen LogP contribution in [0.4, 0.5) is 14.4 Å². The first-order chi connectivity index (χ1) is 20.7. The summed E-state index contributed by atoms with van der Waals surface area (Å²) in [7, 11) is 1.42. The number of carbonyl (C=O) groups is 4. The molecule has 0 aromatic heterocycles. The minimum Gasteiger partial charge on any atom is -0.447 e. The zero-order chi connectivity index (χ0) is 32.2. The second kappa shape index (κ2) is 14.1. The van der Waals surface area contributed by atoms with Crippen LogP contribution in [0.5, 0.6) is 0 Å². The molecule has 2 heterocycles. The highest BCUT2D eigenvalue weighted by atomic mass is 79.9. The summed E-state index contributed by atoms with van der Waals surface area (Å²) in [5, 5.41) is 2.46. The van der Waals surface area contributed by atoms with Crippen LogP contribution < -0.4 is 5.32 Å². The first-order valence-corrected chi connectivity index (χ1v) is 16.4. The molecule has 1 aromatic carbocycles. The van der Waals surface area contributed by atoms with Crippen molar-refractivity contribution < 1.29 is 38.1 Å². The summed E-state index contributed by atoms with van der Waals surface area (Å²) in [5.41, 5.74) is -0.954. The maximum atomic E-state index is 14.1. The number of hydrogen-bond donors (Lipinski definition) is 1. The highest BCUT2D eigenvalue weighted by Crippen LogP contribution is 2.42. The van der Waals surface area contributed by atoms with Crippen molar-refractivity contribution in [1.82, 2.24) is 15.1 Å². The Balaban J connectivity index is 1.68. The van der Waals surface area contributed by atoms with Gasteiger partial charge in [-0.1, -0.05) is 78.4 Å². The van der Waals surface area contributed by atoms with E-state index < -0.39 is 64.6 Å². The summed E-state index contributed by atoms with van der Waals surface area (Å²) < 4.78 is 23.5. The molecule has 1 aromatic rings. The van der Waals surface area contributed by atoms with Gasteiger partial charge in [-0.05, 0) is 58.9 Å². The van der Waals surface area contributed by atoms with Crippen LogP contribution in [0.3, 0.4) is 0 Å². The van der Waals surface area contributed by atoms with Crippen molar-refractivity contribution in [1.29, 1.82) is 0 Å². The summed E-state index contributed by atoms with van der Waals surface area (Å²) in [4.78, 5) is 54.9. The van der Waals surface area contributed by atoms with E-state index in [-0.39, 0.29) is 6.61 Å². The van der Waals surface area contributed by atoms with Crippen molar-refractivity contribution >= 4 is 40.1 Å². The van der Waals surface area contributed by atoms with Crippen LogP contribution in [0.2, 0.25) is 0 Å². The Bertz CT molecular complexity index is 1180. The average Bonchev–Trinajstić information content (AvgIpc) is 3.45. The third kappa shape index (κ3) is 8.04. The van der Waals surface area contributed by atoms with E-state index in [1.807, 2.05) is 30.3 Å². The van der Waals surface area contributed by atoms with E-state index in [0.29, 0.717) is 18.8 Å². The van der Waals surface area contributed by atoms with Crippen LogP contribution in [0, 0.1) is 5.92 Å². The number of cyclic esters (lactones) is 1. The van der Waals surface area contributed by atoms with Gasteiger partial charge < -0.3 is 24.3 Å². The fourth-order valence-electron chi connectivity index (χ4n) is 6.49. The molecule has 11 nitrogen and oxygen atoms in total. The largest absolute Gasteiger partial charge is 0.447 e. The van der Waals surface area contributed by atoms with Crippen LogP contribution in [0.1, 0.15) is 78.7 Å². The lowest BCUT2D eigenvalue weighted by atomic mass is 9.82. The molecule has 5 atom stereocenters. The van der Waals surface area contributed by atoms with Crippen LogP contribution >= 0.6 is 15.9 Å². The van der Waals surface area contributed by atoms with Gasteiger partial charge in [0, 0.05) is 7.05 Å². The molecule has 12 heteroatoms. The molecule has 1 aliphatic carbocycles. The lowest BCUT2D eigenvalue weighted by Gasteiger charge is -2.37. The number of carbonyl (C=O) groups excluding carboxylic acids is 4. The van der Waals surface area contributed by atoms with Crippen LogP contribution in [0.15, 0.2) is 30.3 Å². The van der Waals surface area contributed by atoms with Crippen molar-refractivity contribution in [3.8, 4) is 0 Å². The van der Waals surface area contributed by atoms with Crippen LogP contribution in [0.25, 0.3) is 0 Å². The molecule has 0 unspecified atom stereocenters. The minimum absolute atomic E-state index is 0.0455. The van der Waals surface area contributed by atoms with E-state index in [1.54, 1.807) is 39.5 Å². The second-order valence-corrected chi connectivity index (χ2v) is 14.3. The van der Waals surface area contributed by atoms with Crippen molar-refractivity contribution in [2.24, 2.45) is 5.92 Å². The molecular formula is C32H46BrN3O8. The molecule has 4 rings (SSSR count). The van der Waals surface area contributed by atoms with E-state index >= 15 is 0 Å². The molecule has 1 saturated carbocycles. The molecule has 1 N–H and O–H groups in total. The number of alkyl halides is 1. The van der Waals surface area contributed by atoms with Gasteiger partial charge in [0.1, 0.15) is 28.9 Å². The van der Waals surface area contributed by atoms with Gasteiger partial charge >= 0.3 is 18.3 Å². The van der Waals surface area contributed by atoms with Crippen molar-refractivity contribution in [3.05, 3.63) is 35.9 Å². The first kappa shape index (κ1) is 34.0. The van der Waals surface area contributed by atoms with E-state index in [9.17, 15) is 19.2 Å². The fraction of sp³-hybridized carbons (Fsp3) is 0.688. The predicted octanol–water partition coefficient (Wildman–Crippen LogP) is 5.78. The quantitative estimate of drug-likeness (QED) is 0.271. The third-order valence-corrected chi connectivity index (χ3v) is 9.33. The number of nitrogens with zero attached hydrogens (tertiary/aromatic N) is 2. The lowest BCUT2D eigenvalue weighted by molar-refractivity contribution is -0.135. The summed E-state index contributed by atoms with van der Waals surface area (Å²) in [5.74, 6) is -0.302. The van der Waals surface area contributed by atoms with Gasteiger partial charge in [-0.3, -0.25) is 9.69 Å². The van der Waals surface area contributed by atoms with Gasteiger partial charge in [-0.15, -0.1) is 0 Å². The van der Waals surface area contributed by atoms with Gasteiger partial charge in [-0.2, -0.15) is 0 Å². The van der Waals surface area contributed by atoms with Gasteiger partial charge in [0.15, 0.2) is 6.10 Å². The van der Waals surface area contributed by atoms with Crippen LogP contribution in [-0.4, -0.2) is 88.1 Å². The van der Waals surface area contributed by atoms with Crippen molar-refractivity contribution in [2.75, 3.05) is 13.7 Å². The lowest BCUT2D eigenvalue weighted by Crippen LogP contribution is -2.55. The Hall–Kier alpha value is -2.86. The van der Waals surface area contributed by atoms with E-state index in [4.69, 9.17) is 18.9 Å². The third-order valence-electron chi connectivity index (χ3n) is 8.41. The molecular weight excluding hydrogens is 634 g/mol. The highest BCUT2D eigenvalue weighted by molar-refractivity contribution is 9.10. The predicted molar refractivity (Wildman–Crippen MR) is 166 cm³/mol. The smallest absolute Gasteiger partial charge is 0.417 e. The number of halogens is 1. The van der Waals surface area contributed by atoms with E-state index in [0.717, 1.165) is 36.1 Å². The Morgan fingerprint density at radius 3 is 2.39 bits per heavy atom. The summed E-state index contributed by atoms with van der Waals surface area (Å²) in [6, 6.07) is 8.40. The number of amides is 4. The summed E-state index contributed by atoms with van der Waals surface area (Å²) >= 11 is 3.51. The molecule has 2 saturated heterocycles. The average molecular weight is 681 g/mol. The Kier molecular flexibility index (Phi) is 10.9. The standard InChI is InChI=1S/C32H46BrN3O8/c1-31(2,3)44-30(40)36-23(18-21-15-11-8-12-16-21)25(43-32(36,4)5)26(42-28(38)34-6)24(33)27(37)35-22(19-41-29(35)39)17-20-13-9-7-10-14-20/h7,9-10,13-14,21-26H,8,11-12,15-19H2,1-6H3,(H,34,38)/t22-,23+,24-,25-,26-/m1/s1. The number of nitrogens with one attached hydrogen (secondary N) is 1. The molecule has 244 valence electrons. The zero-order valence-electron chi connectivity index (χ0n) is 26.5. The maximum Gasteiger partial charge on any atom is 0.417 e. The van der Waals surface area contributed by atoms with Gasteiger partial charge in [0.2, 0.25) is 5.91 Å². The molecule has 0 radical (unpaired) electrons. The maximum absolute atomic E-state index is 14.1. The number of alkyl carbamates (subject to hydrolysis) is 1. The van der Waals surface area contributed by atoms with Gasteiger partial charge in [0.25, 0.3) is 0 Å². The van der Waals surface area contributed by atoms with E-state index in [1.165, 1.54) is 13.5 Å². The SMILES string of the molecule is CNC(=O)O[C@@H]([C@@H]1OC(C)(C)N(C(=O)OC(C)(C)C)[C@H]1CC1CCCCC1)[C@@H](Br)C(=O)N1C(=O)OC[C@H]1Cc1ccccc1. The zero-order valence-corrected chi connectivity index (χ0v) is 28.1. The molecule has 0 bridgehead atoms. The van der Waals surface area contributed by atoms with Crippen molar-refractivity contribution in [3.63, 3.8) is 0 Å². The van der Waals surface area contributed by atoms with E-state index in [2.05, 4.69) is 21.2 Å². The Morgan fingerprint density at radius 1 is 1.11 bits per heavy atom. The monoisotopic (exact) mass is 679 g/mol. The topological polar surface area (TPSA) is 124 Å². The summed E-state index contributed by atoms with van der Waals surface area (Å²) in [6.07, 6.45) is 2.16. The number of hydrogen-bond acceptors (Lipinski definition) is 8. The normalized spacial score (nSPS) is 25.2. The number of benzene rings is 1. The molecule has 0 spiro atoms. The highest BCUT2D eigenvalue weighted by Gasteiger charge is 2.57. The first-order valence-electron chi connectivity index (χ1n) is 15.5. The molecule has 44 heavy (non-hydrogen) atoms. The van der Waals surface area contributed by atoms with Crippen LogP contribution in [-0.2, 0) is 30.2 Å². The molecule has 3 fully saturated rings. The second-order valence-electron chi connectivity index (χ2n) is 13.3. The summed E-state index contributed by atoms with van der Waals surface area (Å²) in [6.45, 7) is 8.97. The fourth-order valence-corrected chi connectivity index (χ4v) is 7.12. The van der Waals surface area contributed by atoms with Gasteiger partial charge in [0.05, 0.1) is 12.1 Å². The number of rotatable bonds is 8. The Morgan fingerprint density at radius 2 is 1.77 bits per heavy atom. The number of ether oxygens (including phenoxy) is 4. The molecule has 3 aliphatic rings. The molecule has 4 amide bonds. The Labute approximate surface area is 268 Å².